The molecule has 94 valence electrons. The van der Waals surface area contributed by atoms with E-state index in [1.54, 1.807) is 40.9 Å². The number of thiazole rings is 1. The van der Waals surface area contributed by atoms with Crippen LogP contribution in [-0.2, 0) is 13.8 Å². The average Bonchev–Trinajstić information content (AvgIpc) is 2.90. The summed E-state index contributed by atoms with van der Waals surface area (Å²) in [4.78, 5) is 16.6. The third-order valence-corrected chi connectivity index (χ3v) is 4.88. The quantitative estimate of drug-likeness (QED) is 0.710. The number of hydrogen-bond acceptors (Lipinski definition) is 6. The van der Waals surface area contributed by atoms with Gasteiger partial charge in [0, 0.05) is 12.4 Å². The van der Waals surface area contributed by atoms with Crippen LogP contribution in [0, 0.1) is 0 Å². The van der Waals surface area contributed by atoms with Crippen molar-refractivity contribution in [1.29, 1.82) is 0 Å². The Hall–Kier alpha value is -1.38. The Bertz CT molecular complexity index is 802. The number of aromatic nitrogens is 4. The van der Waals surface area contributed by atoms with Crippen LogP contribution in [0.1, 0.15) is 0 Å². The molecule has 3 aromatic rings. The Balaban J connectivity index is 2.50. The molecule has 0 unspecified atom stereocenters. The number of fused-ring (bicyclic) bond motifs is 3. The van der Waals surface area contributed by atoms with Crippen LogP contribution in [0.2, 0.25) is 0 Å². The largest absolute Gasteiger partial charge is 0.374 e. The van der Waals surface area contributed by atoms with Crippen LogP contribution < -0.4 is 5.56 Å². The topological polar surface area (TPSA) is 72.9 Å². The fourth-order valence-corrected chi connectivity index (χ4v) is 3.56. The van der Waals surface area contributed by atoms with E-state index in [1.807, 2.05) is 6.26 Å². The lowest BCUT2D eigenvalue weighted by molar-refractivity contribution is 0.189. The highest BCUT2D eigenvalue weighted by atomic mass is 32.2. The van der Waals surface area contributed by atoms with E-state index in [0.717, 1.165) is 24.8 Å². The first-order valence-electron chi connectivity index (χ1n) is 5.17. The summed E-state index contributed by atoms with van der Waals surface area (Å²) in [6, 6.07) is 0. The summed E-state index contributed by atoms with van der Waals surface area (Å²) in [5.74, 6) is 0. The summed E-state index contributed by atoms with van der Waals surface area (Å²) in [5.41, 5.74) is 1.02. The standard InChI is InChI=1S/C10H10N4O2S2/c1-13-6-5(3-11-14(4-15)9(6)16)7-8(13)12-10(17-2)18-7/h3,15H,4H2,1-2H3. The van der Waals surface area contributed by atoms with Gasteiger partial charge in [0.25, 0.3) is 5.56 Å². The first-order chi connectivity index (χ1) is 8.67. The van der Waals surface area contributed by atoms with Gasteiger partial charge in [0.15, 0.2) is 9.99 Å². The second-order valence-corrected chi connectivity index (χ2v) is 5.80. The van der Waals surface area contributed by atoms with Crippen LogP contribution in [0.15, 0.2) is 15.3 Å². The highest BCUT2D eigenvalue weighted by molar-refractivity contribution is 8.00. The normalized spacial score (nSPS) is 11.7. The summed E-state index contributed by atoms with van der Waals surface area (Å²) in [5, 5.41) is 13.8. The van der Waals surface area contributed by atoms with Crippen molar-refractivity contribution in [3.63, 3.8) is 0 Å². The van der Waals surface area contributed by atoms with Crippen LogP contribution >= 0.6 is 23.1 Å². The van der Waals surface area contributed by atoms with E-state index in [1.165, 1.54) is 0 Å². The van der Waals surface area contributed by atoms with Gasteiger partial charge in [0.2, 0.25) is 0 Å². The zero-order chi connectivity index (χ0) is 12.9. The summed E-state index contributed by atoms with van der Waals surface area (Å²) in [6.07, 6.45) is 3.58. The third kappa shape index (κ3) is 1.43. The Morgan fingerprint density at radius 3 is 3.00 bits per heavy atom. The molecule has 0 aliphatic heterocycles. The van der Waals surface area contributed by atoms with Gasteiger partial charge < -0.3 is 9.67 Å². The highest BCUT2D eigenvalue weighted by Crippen LogP contribution is 2.33. The summed E-state index contributed by atoms with van der Waals surface area (Å²) < 4.78 is 4.72. The minimum Gasteiger partial charge on any atom is -0.374 e. The molecule has 0 fully saturated rings. The van der Waals surface area contributed by atoms with Crippen molar-refractivity contribution in [2.75, 3.05) is 6.26 Å². The number of aliphatic hydroxyl groups excluding tert-OH is 1. The maximum absolute atomic E-state index is 12.1. The van der Waals surface area contributed by atoms with Crippen LogP contribution in [0.5, 0.6) is 0 Å². The molecule has 0 aliphatic carbocycles. The van der Waals surface area contributed by atoms with Gasteiger partial charge in [-0.1, -0.05) is 11.8 Å². The molecule has 8 heteroatoms. The van der Waals surface area contributed by atoms with E-state index in [-0.39, 0.29) is 5.56 Å². The predicted molar refractivity (Wildman–Crippen MR) is 72.2 cm³/mol. The van der Waals surface area contributed by atoms with Crippen molar-refractivity contribution < 1.29 is 5.11 Å². The maximum Gasteiger partial charge on any atom is 0.293 e. The number of thioether (sulfide) groups is 1. The van der Waals surface area contributed by atoms with Crippen LogP contribution in [0.4, 0.5) is 0 Å². The van der Waals surface area contributed by atoms with Crippen LogP contribution in [0.25, 0.3) is 21.3 Å². The number of hydrogen-bond donors (Lipinski definition) is 1. The lowest BCUT2D eigenvalue weighted by Gasteiger charge is -2.00. The van der Waals surface area contributed by atoms with Crippen LogP contribution in [0.3, 0.4) is 0 Å². The molecule has 0 atom stereocenters. The average molecular weight is 282 g/mol. The van der Waals surface area contributed by atoms with Crippen LogP contribution in [-0.4, -0.2) is 30.7 Å². The van der Waals surface area contributed by atoms with Gasteiger partial charge in [-0.05, 0) is 6.26 Å². The van der Waals surface area contributed by atoms with Crippen molar-refractivity contribution in [1.82, 2.24) is 19.3 Å². The lowest BCUT2D eigenvalue weighted by atomic mass is 10.4. The minimum absolute atomic E-state index is 0.298. The second kappa shape index (κ2) is 4.08. The molecule has 0 saturated carbocycles. The Morgan fingerprint density at radius 2 is 2.33 bits per heavy atom. The monoisotopic (exact) mass is 282 g/mol. The van der Waals surface area contributed by atoms with E-state index in [0.29, 0.717) is 5.52 Å². The molecule has 0 bridgehead atoms. The first-order valence-corrected chi connectivity index (χ1v) is 7.21. The fraction of sp³-hybridized carbons (Fsp3) is 0.300. The molecule has 0 aliphatic rings. The molecule has 0 amide bonds. The second-order valence-electron chi connectivity index (χ2n) is 3.75. The molecular formula is C10H10N4O2S2. The van der Waals surface area contributed by atoms with E-state index >= 15 is 0 Å². The van der Waals surface area contributed by atoms with E-state index in [2.05, 4.69) is 10.1 Å². The van der Waals surface area contributed by atoms with Crippen molar-refractivity contribution in [2.45, 2.75) is 11.1 Å². The number of nitrogens with zero attached hydrogens (tertiary/aromatic N) is 4. The van der Waals surface area contributed by atoms with E-state index in [4.69, 9.17) is 5.11 Å². The predicted octanol–water partition coefficient (Wildman–Crippen LogP) is 1.02. The summed E-state index contributed by atoms with van der Waals surface area (Å²) in [7, 11) is 1.80. The number of aryl methyl sites for hydroxylation is 1. The van der Waals surface area contributed by atoms with E-state index in [9.17, 15) is 4.79 Å². The molecule has 18 heavy (non-hydrogen) atoms. The summed E-state index contributed by atoms with van der Waals surface area (Å²) >= 11 is 3.13. The van der Waals surface area contributed by atoms with Gasteiger partial charge >= 0.3 is 0 Å². The minimum atomic E-state index is -0.420. The highest BCUT2D eigenvalue weighted by Gasteiger charge is 2.17. The molecule has 3 aromatic heterocycles. The lowest BCUT2D eigenvalue weighted by Crippen LogP contribution is -2.23. The Labute approximate surface area is 110 Å². The Kier molecular flexibility index (Phi) is 2.65. The number of aliphatic hydroxyl groups is 1. The van der Waals surface area contributed by atoms with Crippen molar-refractivity contribution in [2.24, 2.45) is 7.05 Å². The smallest absolute Gasteiger partial charge is 0.293 e. The fourth-order valence-electron chi connectivity index (χ4n) is 1.96. The number of rotatable bonds is 2. The summed E-state index contributed by atoms with van der Waals surface area (Å²) in [6.45, 7) is -0.420. The van der Waals surface area contributed by atoms with Crippen molar-refractivity contribution >= 4 is 44.3 Å². The van der Waals surface area contributed by atoms with Gasteiger partial charge in [-0.25, -0.2) is 9.67 Å². The van der Waals surface area contributed by atoms with Gasteiger partial charge in [-0.2, -0.15) is 5.10 Å². The molecular weight excluding hydrogens is 272 g/mol. The molecule has 3 heterocycles. The molecule has 0 spiro atoms. The molecule has 0 radical (unpaired) electrons. The maximum atomic E-state index is 12.1. The van der Waals surface area contributed by atoms with E-state index < -0.39 is 6.73 Å². The van der Waals surface area contributed by atoms with Crippen molar-refractivity contribution in [3.8, 4) is 0 Å². The van der Waals surface area contributed by atoms with Gasteiger partial charge in [-0.3, -0.25) is 4.79 Å². The molecule has 0 aromatic carbocycles. The Morgan fingerprint density at radius 1 is 1.56 bits per heavy atom. The zero-order valence-electron chi connectivity index (χ0n) is 9.75. The zero-order valence-corrected chi connectivity index (χ0v) is 11.4. The van der Waals surface area contributed by atoms with Gasteiger partial charge in [0.1, 0.15) is 12.2 Å². The molecule has 3 rings (SSSR count). The van der Waals surface area contributed by atoms with Gasteiger partial charge in [-0.15, -0.1) is 11.3 Å². The molecule has 6 nitrogen and oxygen atoms in total. The molecule has 1 N–H and O–H groups in total. The third-order valence-electron chi connectivity index (χ3n) is 2.81. The SMILES string of the molecule is CSc1nc2c(s1)c1cnn(CO)c(=O)c1n2C. The van der Waals surface area contributed by atoms with Crippen molar-refractivity contribution in [3.05, 3.63) is 16.6 Å². The first kappa shape index (κ1) is 11.7. The van der Waals surface area contributed by atoms with Gasteiger partial charge in [0.05, 0.1) is 10.9 Å². The molecule has 0 saturated heterocycles.